The summed E-state index contributed by atoms with van der Waals surface area (Å²) in [6.07, 6.45) is 6.49. The SMILES string of the molecule is O=C1CC=CC=C1C(=O)NCC1CN(C(=O)CCc2ccccc2)CCN1. The lowest BCUT2D eigenvalue weighted by Gasteiger charge is -2.34. The van der Waals surface area contributed by atoms with Crippen LogP contribution in [0.25, 0.3) is 0 Å². The second-order valence-electron chi connectivity index (χ2n) is 6.82. The van der Waals surface area contributed by atoms with Crippen molar-refractivity contribution in [2.45, 2.75) is 25.3 Å². The van der Waals surface area contributed by atoms with Crippen molar-refractivity contribution in [1.82, 2.24) is 15.5 Å². The first kappa shape index (κ1) is 19.0. The predicted octanol–water partition coefficient (Wildman–Crippen LogP) is 0.991. The number of Topliss-reactive ketones (excluding diaryl/α,β-unsaturated/α-hetero) is 1. The summed E-state index contributed by atoms with van der Waals surface area (Å²) in [6, 6.07) is 9.96. The van der Waals surface area contributed by atoms with Gasteiger partial charge in [0, 0.05) is 45.1 Å². The molecule has 6 nitrogen and oxygen atoms in total. The number of hydrogen-bond acceptors (Lipinski definition) is 4. The second-order valence-corrected chi connectivity index (χ2v) is 6.82. The molecule has 1 atom stereocenters. The number of amides is 2. The Bertz CT molecular complexity index is 755. The lowest BCUT2D eigenvalue weighted by molar-refractivity contribution is -0.132. The van der Waals surface area contributed by atoms with E-state index in [2.05, 4.69) is 10.6 Å². The van der Waals surface area contributed by atoms with Crippen molar-refractivity contribution in [2.24, 2.45) is 0 Å². The predicted molar refractivity (Wildman–Crippen MR) is 103 cm³/mol. The Hall–Kier alpha value is -2.73. The van der Waals surface area contributed by atoms with Crippen LogP contribution >= 0.6 is 0 Å². The van der Waals surface area contributed by atoms with Crippen LogP contribution in [0.5, 0.6) is 0 Å². The first-order valence-corrected chi connectivity index (χ1v) is 9.37. The fourth-order valence-electron chi connectivity index (χ4n) is 3.30. The van der Waals surface area contributed by atoms with Crippen molar-refractivity contribution in [3.63, 3.8) is 0 Å². The van der Waals surface area contributed by atoms with Crippen molar-refractivity contribution in [3.05, 3.63) is 59.7 Å². The van der Waals surface area contributed by atoms with Gasteiger partial charge in [-0.25, -0.2) is 0 Å². The van der Waals surface area contributed by atoms with Gasteiger partial charge in [-0.15, -0.1) is 0 Å². The Morgan fingerprint density at radius 2 is 2.04 bits per heavy atom. The van der Waals surface area contributed by atoms with Crippen molar-refractivity contribution < 1.29 is 14.4 Å². The van der Waals surface area contributed by atoms with Gasteiger partial charge in [-0.3, -0.25) is 14.4 Å². The molecule has 6 heteroatoms. The van der Waals surface area contributed by atoms with Crippen molar-refractivity contribution in [1.29, 1.82) is 0 Å². The molecule has 3 rings (SSSR count). The van der Waals surface area contributed by atoms with Crippen molar-refractivity contribution >= 4 is 17.6 Å². The molecule has 1 unspecified atom stereocenters. The summed E-state index contributed by atoms with van der Waals surface area (Å²) in [6.45, 7) is 2.31. The molecule has 27 heavy (non-hydrogen) atoms. The van der Waals surface area contributed by atoms with Gasteiger partial charge < -0.3 is 15.5 Å². The second kappa shape index (κ2) is 9.28. The van der Waals surface area contributed by atoms with E-state index in [-0.39, 0.29) is 35.6 Å². The topological polar surface area (TPSA) is 78.5 Å². The molecule has 0 radical (unpaired) electrons. The molecule has 1 heterocycles. The molecule has 1 fully saturated rings. The van der Waals surface area contributed by atoms with Gasteiger partial charge >= 0.3 is 0 Å². The fraction of sp³-hybridized carbons (Fsp3) is 0.381. The van der Waals surface area contributed by atoms with E-state index in [1.807, 2.05) is 35.2 Å². The quantitative estimate of drug-likeness (QED) is 0.735. The molecule has 0 spiro atoms. The summed E-state index contributed by atoms with van der Waals surface area (Å²) in [5, 5.41) is 6.13. The minimum Gasteiger partial charge on any atom is -0.350 e. The van der Waals surface area contributed by atoms with Gasteiger partial charge in [0.1, 0.15) is 0 Å². The Morgan fingerprint density at radius 1 is 1.22 bits per heavy atom. The van der Waals surface area contributed by atoms with E-state index in [0.29, 0.717) is 32.6 Å². The Morgan fingerprint density at radius 3 is 2.81 bits per heavy atom. The lowest BCUT2D eigenvalue weighted by atomic mass is 10.0. The van der Waals surface area contributed by atoms with Gasteiger partial charge in [-0.05, 0) is 18.1 Å². The van der Waals surface area contributed by atoms with E-state index in [1.54, 1.807) is 18.2 Å². The summed E-state index contributed by atoms with van der Waals surface area (Å²) in [4.78, 5) is 38.3. The highest BCUT2D eigenvalue weighted by Gasteiger charge is 2.24. The number of nitrogens with one attached hydrogen (secondary N) is 2. The number of piperazine rings is 1. The van der Waals surface area contributed by atoms with Gasteiger partial charge in [-0.1, -0.05) is 42.5 Å². The first-order valence-electron chi connectivity index (χ1n) is 9.37. The van der Waals surface area contributed by atoms with Crippen LogP contribution in [0.2, 0.25) is 0 Å². The van der Waals surface area contributed by atoms with E-state index in [1.165, 1.54) is 0 Å². The number of benzene rings is 1. The van der Waals surface area contributed by atoms with Crippen LogP contribution in [0.4, 0.5) is 0 Å². The maximum absolute atomic E-state index is 12.5. The zero-order valence-electron chi connectivity index (χ0n) is 15.3. The van der Waals surface area contributed by atoms with Crippen LogP contribution in [0, 0.1) is 0 Å². The summed E-state index contributed by atoms with van der Waals surface area (Å²) < 4.78 is 0. The van der Waals surface area contributed by atoms with Gasteiger partial charge in [0.15, 0.2) is 5.78 Å². The molecule has 1 aromatic carbocycles. The summed E-state index contributed by atoms with van der Waals surface area (Å²) in [7, 11) is 0. The maximum atomic E-state index is 12.5. The van der Waals surface area contributed by atoms with Crippen LogP contribution in [0.1, 0.15) is 18.4 Å². The standard InChI is InChI=1S/C21H25N3O3/c25-19-9-5-4-8-18(19)21(27)23-14-17-15-24(13-12-22-17)20(26)11-10-16-6-2-1-3-7-16/h1-8,17,22H,9-15H2,(H,23,27). The molecule has 2 amide bonds. The average molecular weight is 367 g/mol. The van der Waals surface area contributed by atoms with Crippen LogP contribution in [-0.2, 0) is 20.8 Å². The van der Waals surface area contributed by atoms with E-state index in [4.69, 9.17) is 0 Å². The fourth-order valence-corrected chi connectivity index (χ4v) is 3.30. The zero-order chi connectivity index (χ0) is 19.1. The summed E-state index contributed by atoms with van der Waals surface area (Å²) >= 11 is 0. The van der Waals surface area contributed by atoms with E-state index in [9.17, 15) is 14.4 Å². The number of rotatable bonds is 6. The van der Waals surface area contributed by atoms with Gasteiger partial charge in [0.25, 0.3) is 5.91 Å². The maximum Gasteiger partial charge on any atom is 0.254 e. The van der Waals surface area contributed by atoms with Crippen LogP contribution in [0.3, 0.4) is 0 Å². The molecule has 1 aliphatic heterocycles. The van der Waals surface area contributed by atoms with Crippen molar-refractivity contribution in [2.75, 3.05) is 26.2 Å². The van der Waals surface area contributed by atoms with Gasteiger partial charge in [0.2, 0.25) is 5.91 Å². The molecule has 0 saturated carbocycles. The van der Waals surface area contributed by atoms with Crippen LogP contribution in [-0.4, -0.2) is 54.7 Å². The third-order valence-corrected chi connectivity index (χ3v) is 4.83. The number of nitrogens with zero attached hydrogens (tertiary/aromatic N) is 1. The molecule has 1 saturated heterocycles. The van der Waals surface area contributed by atoms with Crippen LogP contribution < -0.4 is 10.6 Å². The Kier molecular flexibility index (Phi) is 6.54. The molecule has 1 aliphatic carbocycles. The highest BCUT2D eigenvalue weighted by atomic mass is 16.2. The monoisotopic (exact) mass is 367 g/mol. The highest BCUT2D eigenvalue weighted by Crippen LogP contribution is 2.09. The number of carbonyl (C=O) groups is 3. The molecule has 0 bridgehead atoms. The Balaban J connectivity index is 1.45. The molecular formula is C21H25N3O3. The number of hydrogen-bond donors (Lipinski definition) is 2. The summed E-state index contributed by atoms with van der Waals surface area (Å²) in [5.74, 6) is -0.380. The van der Waals surface area contributed by atoms with E-state index in [0.717, 1.165) is 12.0 Å². The number of ketones is 1. The van der Waals surface area contributed by atoms with Gasteiger partial charge in [-0.2, -0.15) is 0 Å². The third kappa shape index (κ3) is 5.37. The zero-order valence-corrected chi connectivity index (χ0v) is 15.3. The number of allylic oxidation sites excluding steroid dienone is 3. The molecule has 2 N–H and O–H groups in total. The highest BCUT2D eigenvalue weighted by molar-refractivity contribution is 6.20. The van der Waals surface area contributed by atoms with Gasteiger partial charge in [0.05, 0.1) is 5.57 Å². The molecular weight excluding hydrogens is 342 g/mol. The van der Waals surface area contributed by atoms with E-state index < -0.39 is 0 Å². The Labute approximate surface area is 159 Å². The summed E-state index contributed by atoms with van der Waals surface area (Å²) in [5.41, 5.74) is 1.35. The molecule has 0 aromatic heterocycles. The largest absolute Gasteiger partial charge is 0.350 e. The smallest absolute Gasteiger partial charge is 0.254 e. The molecule has 142 valence electrons. The third-order valence-electron chi connectivity index (χ3n) is 4.83. The molecule has 1 aromatic rings. The lowest BCUT2D eigenvalue weighted by Crippen LogP contribution is -2.56. The number of carbonyl (C=O) groups excluding carboxylic acids is 3. The normalized spacial score (nSPS) is 19.6. The minimum atomic E-state index is -0.348. The van der Waals surface area contributed by atoms with E-state index >= 15 is 0 Å². The minimum absolute atomic E-state index is 0.0155. The average Bonchev–Trinajstić information content (AvgIpc) is 2.71. The number of aryl methyl sites for hydroxylation is 1. The molecule has 2 aliphatic rings. The van der Waals surface area contributed by atoms with Crippen molar-refractivity contribution in [3.8, 4) is 0 Å². The first-order chi connectivity index (χ1) is 13.1. The van der Waals surface area contributed by atoms with Crippen LogP contribution in [0.15, 0.2) is 54.1 Å².